The second-order valence-corrected chi connectivity index (χ2v) is 6.08. The molecule has 1 nitrogen and oxygen atoms in total. The minimum atomic E-state index is 0.307. The van der Waals surface area contributed by atoms with Crippen molar-refractivity contribution in [2.45, 2.75) is 31.1 Å². The number of hydrogen-bond donors (Lipinski definition) is 0. The van der Waals surface area contributed by atoms with Crippen LogP contribution in [0.25, 0.3) is 10.8 Å². The second kappa shape index (κ2) is 5.22. The molecule has 0 saturated carbocycles. The van der Waals surface area contributed by atoms with Crippen LogP contribution in [0.5, 0.6) is 0 Å². The summed E-state index contributed by atoms with van der Waals surface area (Å²) in [6.07, 6.45) is 2.77. The lowest BCUT2D eigenvalue weighted by Crippen LogP contribution is -2.07. The van der Waals surface area contributed by atoms with Crippen LogP contribution in [-0.4, -0.2) is 5.78 Å². The van der Waals surface area contributed by atoms with Crippen molar-refractivity contribution < 1.29 is 4.79 Å². The first kappa shape index (κ1) is 12.5. The molecule has 0 bridgehead atoms. The van der Waals surface area contributed by atoms with Crippen molar-refractivity contribution in [1.29, 1.82) is 0 Å². The maximum atomic E-state index is 12.0. The first-order valence-electron chi connectivity index (χ1n) is 6.63. The van der Waals surface area contributed by atoms with Gasteiger partial charge in [0.1, 0.15) is 0 Å². The van der Waals surface area contributed by atoms with Gasteiger partial charge >= 0.3 is 0 Å². The number of Topliss-reactive ketones (excluding diaryl/α,β-unsaturated/α-hetero) is 1. The molecular weight excluding hydrogens is 252 g/mol. The van der Waals surface area contributed by atoms with Gasteiger partial charge in [-0.25, -0.2) is 0 Å². The van der Waals surface area contributed by atoms with E-state index in [1.165, 1.54) is 16.3 Å². The molecule has 0 unspecified atom stereocenters. The maximum absolute atomic E-state index is 12.0. The zero-order valence-electron chi connectivity index (χ0n) is 11.0. The molecule has 0 aliphatic heterocycles. The highest BCUT2D eigenvalue weighted by Gasteiger charge is 2.18. The summed E-state index contributed by atoms with van der Waals surface area (Å²) in [6.45, 7) is 2.08. The topological polar surface area (TPSA) is 17.1 Å². The molecule has 0 fully saturated rings. The third-order valence-electron chi connectivity index (χ3n) is 3.54. The summed E-state index contributed by atoms with van der Waals surface area (Å²) in [6, 6.07) is 14.7. The molecule has 0 atom stereocenters. The standard InChI is InChI=1S/C17H16OS/c1-12-5-4-8-16(18)17(12)19-15-10-9-13-6-2-3-7-14(13)11-15/h2-3,6-7,9-11H,4-5,8H2,1H3. The molecule has 0 spiro atoms. The Hall–Kier alpha value is -1.54. The summed E-state index contributed by atoms with van der Waals surface area (Å²) in [4.78, 5) is 14.1. The number of ketones is 1. The highest BCUT2D eigenvalue weighted by molar-refractivity contribution is 8.04. The number of hydrogen-bond acceptors (Lipinski definition) is 2. The lowest BCUT2D eigenvalue weighted by atomic mass is 10.00. The lowest BCUT2D eigenvalue weighted by Gasteiger charge is -2.16. The van der Waals surface area contributed by atoms with Crippen LogP contribution in [-0.2, 0) is 4.79 Å². The zero-order valence-corrected chi connectivity index (χ0v) is 11.8. The van der Waals surface area contributed by atoms with Gasteiger partial charge in [-0.2, -0.15) is 0 Å². The van der Waals surface area contributed by atoms with Crippen LogP contribution in [0.15, 0.2) is 57.8 Å². The van der Waals surface area contributed by atoms with Crippen molar-refractivity contribution in [2.75, 3.05) is 0 Å². The minimum absolute atomic E-state index is 0.307. The number of rotatable bonds is 2. The van der Waals surface area contributed by atoms with Crippen LogP contribution >= 0.6 is 11.8 Å². The van der Waals surface area contributed by atoms with Crippen molar-refractivity contribution in [3.63, 3.8) is 0 Å². The van der Waals surface area contributed by atoms with E-state index in [1.807, 2.05) is 12.1 Å². The summed E-state index contributed by atoms with van der Waals surface area (Å²) in [5.74, 6) is 0.307. The van der Waals surface area contributed by atoms with Gasteiger partial charge in [0.15, 0.2) is 5.78 Å². The van der Waals surface area contributed by atoms with Gasteiger partial charge in [0.2, 0.25) is 0 Å². The fourth-order valence-electron chi connectivity index (χ4n) is 2.47. The predicted octanol–water partition coefficient (Wildman–Crippen LogP) is 4.96. The van der Waals surface area contributed by atoms with Crippen LogP contribution < -0.4 is 0 Å². The van der Waals surface area contributed by atoms with Gasteiger partial charge in [-0.3, -0.25) is 4.79 Å². The van der Waals surface area contributed by atoms with E-state index in [9.17, 15) is 4.79 Å². The van der Waals surface area contributed by atoms with E-state index in [2.05, 4.69) is 37.3 Å². The smallest absolute Gasteiger partial charge is 0.169 e. The van der Waals surface area contributed by atoms with Crippen molar-refractivity contribution in [3.05, 3.63) is 52.9 Å². The quantitative estimate of drug-likeness (QED) is 0.765. The summed E-state index contributed by atoms with van der Waals surface area (Å²) >= 11 is 1.63. The van der Waals surface area contributed by atoms with Crippen molar-refractivity contribution in [2.24, 2.45) is 0 Å². The normalized spacial score (nSPS) is 16.2. The summed E-state index contributed by atoms with van der Waals surface area (Å²) < 4.78 is 0. The monoisotopic (exact) mass is 268 g/mol. The van der Waals surface area contributed by atoms with E-state index in [4.69, 9.17) is 0 Å². The van der Waals surface area contributed by atoms with Crippen molar-refractivity contribution in [3.8, 4) is 0 Å². The van der Waals surface area contributed by atoms with Gasteiger partial charge in [-0.15, -0.1) is 0 Å². The first-order chi connectivity index (χ1) is 9.24. The lowest BCUT2D eigenvalue weighted by molar-refractivity contribution is -0.115. The number of allylic oxidation sites excluding steroid dienone is 2. The van der Waals surface area contributed by atoms with E-state index in [1.54, 1.807) is 11.8 Å². The van der Waals surface area contributed by atoms with E-state index in [0.29, 0.717) is 12.2 Å². The van der Waals surface area contributed by atoms with Gasteiger partial charge in [-0.05, 0) is 42.7 Å². The number of fused-ring (bicyclic) bond motifs is 1. The fourth-order valence-corrected chi connectivity index (χ4v) is 3.52. The Bertz CT molecular complexity index is 670. The van der Waals surface area contributed by atoms with E-state index in [-0.39, 0.29) is 0 Å². The Morgan fingerprint density at radius 2 is 1.79 bits per heavy atom. The summed E-state index contributed by atoms with van der Waals surface area (Å²) in [5.41, 5.74) is 1.24. The molecule has 1 aliphatic rings. The predicted molar refractivity (Wildman–Crippen MR) is 81.4 cm³/mol. The van der Waals surface area contributed by atoms with E-state index < -0.39 is 0 Å². The molecule has 0 saturated heterocycles. The van der Waals surface area contributed by atoms with Gasteiger partial charge in [0.25, 0.3) is 0 Å². The number of carbonyl (C=O) groups is 1. The maximum Gasteiger partial charge on any atom is 0.169 e. The molecule has 0 radical (unpaired) electrons. The third kappa shape index (κ3) is 2.59. The average molecular weight is 268 g/mol. The highest BCUT2D eigenvalue weighted by atomic mass is 32.2. The summed E-state index contributed by atoms with van der Waals surface area (Å²) in [7, 11) is 0. The molecule has 2 aromatic rings. The minimum Gasteiger partial charge on any atom is -0.294 e. The fraction of sp³-hybridized carbons (Fsp3) is 0.235. The molecule has 19 heavy (non-hydrogen) atoms. The number of thioether (sulfide) groups is 1. The Kier molecular flexibility index (Phi) is 3.43. The van der Waals surface area contributed by atoms with Crippen LogP contribution in [0.1, 0.15) is 26.2 Å². The van der Waals surface area contributed by atoms with Gasteiger partial charge in [-0.1, -0.05) is 47.7 Å². The van der Waals surface area contributed by atoms with Crippen LogP contribution in [0.4, 0.5) is 0 Å². The summed E-state index contributed by atoms with van der Waals surface area (Å²) in [5, 5.41) is 2.47. The number of carbonyl (C=O) groups excluding carboxylic acids is 1. The Morgan fingerprint density at radius 3 is 2.58 bits per heavy atom. The molecule has 0 heterocycles. The first-order valence-corrected chi connectivity index (χ1v) is 7.45. The SMILES string of the molecule is CC1=C(Sc2ccc3ccccc3c2)C(=O)CCC1. The number of benzene rings is 2. The molecule has 0 aromatic heterocycles. The molecule has 2 aromatic carbocycles. The molecular formula is C17H16OS. The van der Waals surface area contributed by atoms with Crippen LogP contribution in [0.3, 0.4) is 0 Å². The van der Waals surface area contributed by atoms with E-state index in [0.717, 1.165) is 22.6 Å². The Balaban J connectivity index is 1.95. The van der Waals surface area contributed by atoms with Crippen LogP contribution in [0.2, 0.25) is 0 Å². The van der Waals surface area contributed by atoms with Gasteiger partial charge in [0.05, 0.1) is 4.91 Å². The largest absolute Gasteiger partial charge is 0.294 e. The van der Waals surface area contributed by atoms with Crippen LogP contribution in [0, 0.1) is 0 Å². The molecule has 0 amide bonds. The third-order valence-corrected chi connectivity index (χ3v) is 4.81. The highest BCUT2D eigenvalue weighted by Crippen LogP contribution is 2.36. The van der Waals surface area contributed by atoms with Crippen molar-refractivity contribution >= 4 is 28.3 Å². The van der Waals surface area contributed by atoms with E-state index >= 15 is 0 Å². The Morgan fingerprint density at radius 1 is 1.00 bits per heavy atom. The molecule has 2 heteroatoms. The van der Waals surface area contributed by atoms with Gasteiger partial charge in [0, 0.05) is 11.3 Å². The molecule has 1 aliphatic carbocycles. The Labute approximate surface area is 117 Å². The molecule has 96 valence electrons. The van der Waals surface area contributed by atoms with Crippen molar-refractivity contribution in [1.82, 2.24) is 0 Å². The average Bonchev–Trinajstić information content (AvgIpc) is 2.43. The zero-order chi connectivity index (χ0) is 13.2. The molecule has 0 N–H and O–H groups in total. The van der Waals surface area contributed by atoms with Gasteiger partial charge < -0.3 is 0 Å². The molecule has 3 rings (SSSR count). The second-order valence-electron chi connectivity index (χ2n) is 5.00.